The third-order valence-corrected chi connectivity index (χ3v) is 3.31. The van der Waals surface area contributed by atoms with E-state index < -0.39 is 0 Å². The van der Waals surface area contributed by atoms with E-state index in [0.717, 1.165) is 25.8 Å². The van der Waals surface area contributed by atoms with E-state index in [4.69, 9.17) is 11.6 Å². The summed E-state index contributed by atoms with van der Waals surface area (Å²) < 4.78 is 0. The van der Waals surface area contributed by atoms with Crippen molar-refractivity contribution >= 4 is 17.5 Å². The number of nitrogens with zero attached hydrogens (tertiary/aromatic N) is 2. The number of halogens is 1. The van der Waals surface area contributed by atoms with Gasteiger partial charge >= 0.3 is 0 Å². The second-order valence-corrected chi connectivity index (χ2v) is 4.33. The van der Waals surface area contributed by atoms with Gasteiger partial charge in [0, 0.05) is 24.7 Å². The first-order chi connectivity index (χ1) is 7.83. The Morgan fingerprint density at radius 3 is 3.06 bits per heavy atom. The van der Waals surface area contributed by atoms with Gasteiger partial charge in [-0.25, -0.2) is 0 Å². The maximum Gasteiger partial charge on any atom is 0.272 e. The fraction of sp³-hybridized carbons (Fsp3) is 0.500. The molecule has 1 amide bonds. The predicted molar refractivity (Wildman–Crippen MR) is 63.6 cm³/mol. The summed E-state index contributed by atoms with van der Waals surface area (Å²) >= 11 is 5.89. The number of pyridine rings is 1. The van der Waals surface area contributed by atoms with Crippen molar-refractivity contribution in [1.29, 1.82) is 0 Å². The molecule has 0 spiro atoms. The van der Waals surface area contributed by atoms with Crippen molar-refractivity contribution in [3.05, 3.63) is 30.1 Å². The zero-order valence-corrected chi connectivity index (χ0v) is 9.86. The van der Waals surface area contributed by atoms with Crippen molar-refractivity contribution in [2.24, 2.45) is 0 Å². The van der Waals surface area contributed by atoms with Crippen molar-refractivity contribution in [2.45, 2.75) is 25.3 Å². The van der Waals surface area contributed by atoms with Crippen LogP contribution in [0.3, 0.4) is 0 Å². The topological polar surface area (TPSA) is 33.2 Å². The average Bonchev–Trinajstić information content (AvgIpc) is 2.39. The van der Waals surface area contributed by atoms with E-state index in [9.17, 15) is 4.79 Å². The summed E-state index contributed by atoms with van der Waals surface area (Å²) in [5.74, 6) is 0.518. The molecule has 1 atom stereocenters. The van der Waals surface area contributed by atoms with Crippen molar-refractivity contribution in [2.75, 3.05) is 12.4 Å². The number of piperidine rings is 1. The highest BCUT2D eigenvalue weighted by molar-refractivity contribution is 6.18. The minimum absolute atomic E-state index is 0.00551. The number of amides is 1. The molecule has 1 unspecified atom stereocenters. The molecule has 4 heteroatoms. The van der Waals surface area contributed by atoms with Crippen LogP contribution in [-0.4, -0.2) is 34.3 Å². The molecule has 2 rings (SSSR count). The van der Waals surface area contributed by atoms with Gasteiger partial charge in [-0.2, -0.15) is 0 Å². The molecule has 0 radical (unpaired) electrons. The zero-order chi connectivity index (χ0) is 11.4. The Bertz CT molecular complexity index is 355. The molecule has 1 fully saturated rings. The molecule has 1 saturated heterocycles. The molecule has 3 nitrogen and oxygen atoms in total. The summed E-state index contributed by atoms with van der Waals surface area (Å²) in [5.41, 5.74) is 0.513. The molecule has 2 heterocycles. The highest BCUT2D eigenvalue weighted by atomic mass is 35.5. The number of hydrogen-bond acceptors (Lipinski definition) is 2. The maximum absolute atomic E-state index is 12.2. The molecule has 0 saturated carbocycles. The van der Waals surface area contributed by atoms with Crippen molar-refractivity contribution in [3.8, 4) is 0 Å². The van der Waals surface area contributed by atoms with Crippen LogP contribution in [0, 0.1) is 0 Å². The van der Waals surface area contributed by atoms with Gasteiger partial charge in [0.1, 0.15) is 5.69 Å². The van der Waals surface area contributed by atoms with Gasteiger partial charge in [-0.05, 0) is 31.4 Å². The van der Waals surface area contributed by atoms with Crippen molar-refractivity contribution in [3.63, 3.8) is 0 Å². The van der Waals surface area contributed by atoms with Crippen molar-refractivity contribution < 1.29 is 4.79 Å². The molecule has 0 bridgehead atoms. The summed E-state index contributed by atoms with van der Waals surface area (Å²) in [5, 5.41) is 0. The van der Waals surface area contributed by atoms with Gasteiger partial charge in [0.25, 0.3) is 5.91 Å². The average molecular weight is 239 g/mol. The van der Waals surface area contributed by atoms with Crippen LogP contribution < -0.4 is 0 Å². The van der Waals surface area contributed by atoms with Crippen LogP contribution in [0.25, 0.3) is 0 Å². The van der Waals surface area contributed by atoms with Gasteiger partial charge < -0.3 is 4.90 Å². The van der Waals surface area contributed by atoms with E-state index in [-0.39, 0.29) is 11.9 Å². The first kappa shape index (κ1) is 11.4. The van der Waals surface area contributed by atoms with Gasteiger partial charge in [-0.3, -0.25) is 9.78 Å². The van der Waals surface area contributed by atoms with Crippen molar-refractivity contribution in [1.82, 2.24) is 9.88 Å². The second-order valence-electron chi connectivity index (χ2n) is 4.02. The highest BCUT2D eigenvalue weighted by Crippen LogP contribution is 2.19. The molecule has 1 aromatic heterocycles. The minimum Gasteiger partial charge on any atom is -0.333 e. The highest BCUT2D eigenvalue weighted by Gasteiger charge is 2.27. The standard InChI is InChI=1S/C12H15ClN2O/c13-9-10-5-2-4-8-15(10)12(16)11-6-1-3-7-14-11/h1,3,6-7,10H,2,4-5,8-9H2. The normalized spacial score (nSPS) is 20.8. The number of aromatic nitrogens is 1. The van der Waals surface area contributed by atoms with Crippen LogP contribution in [0.5, 0.6) is 0 Å². The molecular weight excluding hydrogens is 224 g/mol. The molecule has 1 aliphatic rings. The van der Waals surface area contributed by atoms with Crippen LogP contribution in [0.15, 0.2) is 24.4 Å². The largest absolute Gasteiger partial charge is 0.333 e. The van der Waals surface area contributed by atoms with E-state index in [2.05, 4.69) is 4.98 Å². The number of carbonyl (C=O) groups is 1. The van der Waals surface area contributed by atoms with Gasteiger partial charge in [-0.15, -0.1) is 11.6 Å². The van der Waals surface area contributed by atoms with E-state index in [0.29, 0.717) is 11.6 Å². The molecule has 1 aromatic rings. The summed E-state index contributed by atoms with van der Waals surface area (Å²) in [4.78, 5) is 18.1. The molecule has 0 aliphatic carbocycles. The first-order valence-electron chi connectivity index (χ1n) is 5.61. The Hall–Kier alpha value is -1.09. The minimum atomic E-state index is 0.00551. The van der Waals surface area contributed by atoms with Gasteiger partial charge in [0.2, 0.25) is 0 Å². The Morgan fingerprint density at radius 1 is 1.50 bits per heavy atom. The lowest BCUT2D eigenvalue weighted by atomic mass is 10.0. The number of alkyl halides is 1. The SMILES string of the molecule is O=C(c1ccccn1)N1CCCCC1CCl. The van der Waals surface area contributed by atoms with E-state index in [1.54, 1.807) is 12.3 Å². The number of likely N-dealkylation sites (tertiary alicyclic amines) is 1. The molecular formula is C12H15ClN2O. The van der Waals surface area contributed by atoms with Crippen LogP contribution >= 0.6 is 11.6 Å². The van der Waals surface area contributed by atoms with E-state index in [1.165, 1.54) is 0 Å². The summed E-state index contributed by atoms with van der Waals surface area (Å²) in [6, 6.07) is 5.57. The lowest BCUT2D eigenvalue weighted by molar-refractivity contribution is 0.0633. The zero-order valence-electron chi connectivity index (χ0n) is 9.10. The van der Waals surface area contributed by atoms with Crippen LogP contribution in [0.4, 0.5) is 0 Å². The Balaban J connectivity index is 2.14. The van der Waals surface area contributed by atoms with E-state index in [1.807, 2.05) is 17.0 Å². The second kappa shape index (κ2) is 5.30. The Kier molecular flexibility index (Phi) is 3.78. The van der Waals surface area contributed by atoms with Gasteiger partial charge in [0.15, 0.2) is 0 Å². The van der Waals surface area contributed by atoms with Crippen LogP contribution in [-0.2, 0) is 0 Å². The lowest BCUT2D eigenvalue weighted by Gasteiger charge is -2.34. The Morgan fingerprint density at radius 2 is 2.38 bits per heavy atom. The first-order valence-corrected chi connectivity index (χ1v) is 6.14. The quantitative estimate of drug-likeness (QED) is 0.741. The fourth-order valence-electron chi connectivity index (χ4n) is 2.06. The third-order valence-electron chi connectivity index (χ3n) is 2.95. The lowest BCUT2D eigenvalue weighted by Crippen LogP contribution is -2.45. The number of carbonyl (C=O) groups excluding carboxylic acids is 1. The molecule has 0 N–H and O–H groups in total. The summed E-state index contributed by atoms with van der Waals surface area (Å²) in [6.07, 6.45) is 4.87. The van der Waals surface area contributed by atoms with Gasteiger partial charge in [0.05, 0.1) is 0 Å². The van der Waals surface area contributed by atoms with Gasteiger partial charge in [-0.1, -0.05) is 6.07 Å². The summed E-state index contributed by atoms with van der Waals surface area (Å²) in [7, 11) is 0. The molecule has 1 aliphatic heterocycles. The Labute approximate surface area is 100 Å². The number of hydrogen-bond donors (Lipinski definition) is 0. The monoisotopic (exact) mass is 238 g/mol. The summed E-state index contributed by atoms with van der Waals surface area (Å²) in [6.45, 7) is 0.798. The molecule has 86 valence electrons. The number of rotatable bonds is 2. The molecule has 0 aromatic carbocycles. The van der Waals surface area contributed by atoms with Crippen LogP contribution in [0.2, 0.25) is 0 Å². The third kappa shape index (κ3) is 2.35. The van der Waals surface area contributed by atoms with Crippen LogP contribution in [0.1, 0.15) is 29.8 Å². The predicted octanol–water partition coefficient (Wildman–Crippen LogP) is 2.32. The maximum atomic E-state index is 12.2. The van der Waals surface area contributed by atoms with E-state index >= 15 is 0 Å². The smallest absolute Gasteiger partial charge is 0.272 e. The fourth-order valence-corrected chi connectivity index (χ4v) is 2.39. The molecule has 16 heavy (non-hydrogen) atoms.